The van der Waals surface area contributed by atoms with Gasteiger partial charge in [0, 0.05) is 12.3 Å². The first-order valence-electron chi connectivity index (χ1n) is 10.5. The highest BCUT2D eigenvalue weighted by atomic mass is 14.5. The van der Waals surface area contributed by atoms with Crippen LogP contribution in [0.25, 0.3) is 0 Å². The molecule has 2 nitrogen and oxygen atoms in total. The monoisotopic (exact) mass is 366 g/mol. The first kappa shape index (κ1) is 32.5. The van der Waals surface area contributed by atoms with E-state index in [4.69, 9.17) is 11.1 Å². The molecule has 1 atom stereocenters. The van der Waals surface area contributed by atoms with E-state index in [2.05, 4.69) is 46.8 Å². The summed E-state index contributed by atoms with van der Waals surface area (Å²) in [4.78, 5) is 0. The summed E-state index contributed by atoms with van der Waals surface area (Å²) in [5.74, 6) is 0.968. The van der Waals surface area contributed by atoms with Crippen LogP contribution in [0.4, 0.5) is 0 Å². The second-order valence-electron chi connectivity index (χ2n) is 6.47. The molecule has 0 heterocycles. The van der Waals surface area contributed by atoms with Crippen molar-refractivity contribution in [2.45, 2.75) is 101 Å². The highest BCUT2D eigenvalue weighted by molar-refractivity contribution is 5.75. The summed E-state index contributed by atoms with van der Waals surface area (Å²) in [5, 5.41) is 6.50. The highest BCUT2D eigenvalue weighted by Crippen LogP contribution is 2.12. The minimum absolute atomic E-state index is 0.618. The van der Waals surface area contributed by atoms with Gasteiger partial charge >= 0.3 is 0 Å². The van der Waals surface area contributed by atoms with E-state index in [1.807, 2.05) is 32.1 Å². The van der Waals surface area contributed by atoms with Crippen molar-refractivity contribution < 1.29 is 0 Å². The quantitative estimate of drug-likeness (QED) is 0.242. The first-order chi connectivity index (χ1) is 12.3. The molecule has 1 unspecified atom stereocenters. The van der Waals surface area contributed by atoms with Gasteiger partial charge in [-0.3, -0.25) is 0 Å². The highest BCUT2D eigenvalue weighted by Gasteiger charge is 1.97. The molecule has 0 saturated heterocycles. The van der Waals surface area contributed by atoms with Crippen LogP contribution in [-0.2, 0) is 0 Å². The summed E-state index contributed by atoms with van der Waals surface area (Å²) in [5.41, 5.74) is 7.32. The largest absolute Gasteiger partial charge is 0.327 e. The van der Waals surface area contributed by atoms with Crippen molar-refractivity contribution in [2.24, 2.45) is 11.7 Å². The Labute approximate surface area is 166 Å². The molecule has 0 rings (SSSR count). The van der Waals surface area contributed by atoms with Gasteiger partial charge in [-0.2, -0.15) is 0 Å². The van der Waals surface area contributed by atoms with Crippen molar-refractivity contribution in [1.82, 2.24) is 0 Å². The fourth-order valence-corrected chi connectivity index (χ4v) is 1.80. The van der Waals surface area contributed by atoms with Gasteiger partial charge in [-0.15, -0.1) is 0 Å². The second kappa shape index (κ2) is 31.6. The summed E-state index contributed by atoms with van der Waals surface area (Å²) in [6.07, 6.45) is 18.2. The van der Waals surface area contributed by atoms with E-state index in [0.29, 0.717) is 12.3 Å². The minimum Gasteiger partial charge on any atom is -0.327 e. The van der Waals surface area contributed by atoms with E-state index in [9.17, 15) is 0 Å². The molecule has 2 heteroatoms. The van der Waals surface area contributed by atoms with Crippen LogP contribution in [0.2, 0.25) is 0 Å². The maximum Gasteiger partial charge on any atom is 0.0109 e. The molecule has 156 valence electrons. The van der Waals surface area contributed by atoms with Crippen LogP contribution >= 0.6 is 0 Å². The molecule has 0 spiro atoms. The summed E-state index contributed by atoms with van der Waals surface area (Å²) in [7, 11) is 0. The maximum atomic E-state index is 6.50. The van der Waals surface area contributed by atoms with E-state index in [1.165, 1.54) is 37.7 Å². The molecule has 0 aromatic carbocycles. The lowest BCUT2D eigenvalue weighted by Crippen LogP contribution is -1.92. The van der Waals surface area contributed by atoms with Crippen molar-refractivity contribution >= 4 is 5.71 Å². The van der Waals surface area contributed by atoms with Crippen molar-refractivity contribution in [3.63, 3.8) is 0 Å². The topological polar surface area (TPSA) is 49.9 Å². The van der Waals surface area contributed by atoms with Crippen LogP contribution < -0.4 is 5.73 Å². The Bertz CT molecular complexity index is 334. The van der Waals surface area contributed by atoms with Crippen molar-refractivity contribution in [1.29, 1.82) is 5.41 Å². The second-order valence-corrected chi connectivity index (χ2v) is 6.47. The van der Waals surface area contributed by atoms with Gasteiger partial charge in [0.1, 0.15) is 0 Å². The van der Waals surface area contributed by atoms with Gasteiger partial charge < -0.3 is 11.1 Å². The first-order valence-corrected chi connectivity index (χ1v) is 10.5. The molecule has 0 aliphatic carbocycles. The van der Waals surface area contributed by atoms with Crippen molar-refractivity contribution in [3.05, 3.63) is 36.0 Å². The van der Waals surface area contributed by atoms with Crippen LogP contribution in [0.3, 0.4) is 0 Å². The van der Waals surface area contributed by atoms with Crippen LogP contribution in [0.5, 0.6) is 0 Å². The zero-order chi connectivity index (χ0) is 21.2. The molecule has 0 aliphatic heterocycles. The average Bonchev–Trinajstić information content (AvgIpc) is 2.61. The minimum atomic E-state index is 0.618. The molecule has 0 saturated carbocycles. The van der Waals surface area contributed by atoms with Gasteiger partial charge in [0.05, 0.1) is 0 Å². The smallest absolute Gasteiger partial charge is 0.0109 e. The number of rotatable bonds is 9. The Morgan fingerprint density at radius 3 is 1.85 bits per heavy atom. The summed E-state index contributed by atoms with van der Waals surface area (Å²) < 4.78 is 0. The fourth-order valence-electron chi connectivity index (χ4n) is 1.80. The Kier molecular flexibility index (Phi) is 39.5. The predicted molar refractivity (Wildman–Crippen MR) is 125 cm³/mol. The Balaban J connectivity index is -0.000000145. The molecule has 0 amide bonds. The third-order valence-corrected chi connectivity index (χ3v) is 3.28. The Morgan fingerprint density at radius 1 is 0.962 bits per heavy atom. The van der Waals surface area contributed by atoms with Gasteiger partial charge in [0.25, 0.3) is 0 Å². The Hall–Kier alpha value is -1.15. The maximum absolute atomic E-state index is 6.50. The SMILES string of the molecule is C/C=C(/C)C/C=C\C=C/CN.CC.CC(C)=N.CCCCC(C)CCC. The third-order valence-electron chi connectivity index (χ3n) is 3.28. The number of nitrogens with two attached hydrogens (primary N) is 1. The number of allylic oxidation sites excluding steroid dienone is 5. The predicted octanol–water partition coefficient (Wildman–Crippen LogP) is 8.10. The molecule has 0 bridgehead atoms. The van der Waals surface area contributed by atoms with E-state index < -0.39 is 0 Å². The number of nitrogens with one attached hydrogen (secondary N) is 1. The number of unbranched alkanes of at least 4 members (excludes halogenated alkanes) is 1. The molecule has 26 heavy (non-hydrogen) atoms. The normalized spacial score (nSPS) is 11.7. The molecule has 0 fully saturated rings. The van der Waals surface area contributed by atoms with Crippen LogP contribution in [-0.4, -0.2) is 12.3 Å². The third kappa shape index (κ3) is 49.5. The lowest BCUT2D eigenvalue weighted by atomic mass is 10.00. The number of hydrogen-bond acceptors (Lipinski definition) is 2. The van der Waals surface area contributed by atoms with Gasteiger partial charge in [-0.25, -0.2) is 0 Å². The summed E-state index contributed by atoms with van der Waals surface area (Å²) >= 11 is 0. The van der Waals surface area contributed by atoms with Gasteiger partial charge in [0.2, 0.25) is 0 Å². The fraction of sp³-hybridized carbons (Fsp3) is 0.708. The van der Waals surface area contributed by atoms with E-state index in [1.54, 1.807) is 13.8 Å². The molecule has 0 aliphatic rings. The van der Waals surface area contributed by atoms with Crippen molar-refractivity contribution in [2.75, 3.05) is 6.54 Å². The van der Waals surface area contributed by atoms with Crippen LogP contribution in [0.1, 0.15) is 101 Å². The van der Waals surface area contributed by atoms with Gasteiger partial charge in [-0.05, 0) is 40.0 Å². The van der Waals surface area contributed by atoms with Gasteiger partial charge in [0.15, 0.2) is 0 Å². The molecule has 0 aromatic rings. The van der Waals surface area contributed by atoms with Gasteiger partial charge in [-0.1, -0.05) is 103 Å². The Morgan fingerprint density at radius 2 is 1.46 bits per heavy atom. The van der Waals surface area contributed by atoms with Crippen LogP contribution in [0, 0.1) is 11.3 Å². The van der Waals surface area contributed by atoms with Crippen molar-refractivity contribution in [3.8, 4) is 0 Å². The van der Waals surface area contributed by atoms with E-state index in [-0.39, 0.29) is 0 Å². The van der Waals surface area contributed by atoms with Crippen LogP contribution in [0.15, 0.2) is 36.0 Å². The standard InChI is InChI=1S/C10H17N.C9H20.C3H7N.C2H6/c1-3-10(2)8-6-4-5-7-9-11;1-4-6-8-9(3)7-5-2;1-3(2)4;1-2/h3-7H,8-9,11H2,1-2H3;9H,4-8H2,1-3H3;4H,1-2H3;1-2H3/b6-4-,7-5-,10-3-;;;. The zero-order valence-electron chi connectivity index (χ0n) is 19.5. The molecular weight excluding hydrogens is 316 g/mol. The lowest BCUT2D eigenvalue weighted by molar-refractivity contribution is 0.466. The molecule has 3 N–H and O–H groups in total. The zero-order valence-corrected chi connectivity index (χ0v) is 19.5. The lowest BCUT2D eigenvalue weighted by Gasteiger charge is -2.07. The summed E-state index contributed by atoms with van der Waals surface area (Å²) in [6, 6.07) is 0. The molecule has 0 radical (unpaired) electrons. The molecule has 0 aromatic heterocycles. The van der Waals surface area contributed by atoms with E-state index >= 15 is 0 Å². The molecular formula is C24H50N2. The summed E-state index contributed by atoms with van der Waals surface area (Å²) in [6.45, 7) is 19.2. The van der Waals surface area contributed by atoms with E-state index in [0.717, 1.165) is 12.3 Å². The average molecular weight is 367 g/mol. The number of hydrogen-bond donors (Lipinski definition) is 2.